The highest BCUT2D eigenvalue weighted by molar-refractivity contribution is 14.1. The van der Waals surface area contributed by atoms with Crippen molar-refractivity contribution >= 4 is 28.4 Å². The molecule has 1 aliphatic rings. The van der Waals surface area contributed by atoms with Gasteiger partial charge in [-0.2, -0.15) is 0 Å². The Morgan fingerprint density at radius 2 is 2.00 bits per heavy atom. The van der Waals surface area contributed by atoms with Crippen LogP contribution in [0.15, 0.2) is 0 Å². The van der Waals surface area contributed by atoms with Crippen LogP contribution in [0.3, 0.4) is 0 Å². The fraction of sp³-hybridized carbons (Fsp3) is 0.733. The highest BCUT2D eigenvalue weighted by Gasteiger charge is 2.35. The minimum Gasteiger partial charge on any atom is -0.370 e. The van der Waals surface area contributed by atoms with Gasteiger partial charge in [-0.15, -0.1) is 0 Å². The molecule has 0 aromatic carbocycles. The molecule has 20 heavy (non-hydrogen) atoms. The predicted molar refractivity (Wildman–Crippen MR) is 90.1 cm³/mol. The molecule has 0 saturated heterocycles. The molecule has 1 aromatic rings. The molecule has 1 fully saturated rings. The van der Waals surface area contributed by atoms with Crippen LogP contribution in [-0.4, -0.2) is 23.1 Å². The standard InChI is InChI=1S/C15H24IN3O/c1-5-17-14-11(16)12(9(3)4)18-15(19-14)13(20-6-2)10-7-8-10/h9-10,13H,5-8H2,1-4H3,(H,17,18,19). The SMILES string of the molecule is CCNc1nc(C(OCC)C2CC2)nc(C(C)C)c1I. The van der Waals surface area contributed by atoms with E-state index in [2.05, 4.69) is 48.7 Å². The van der Waals surface area contributed by atoms with E-state index < -0.39 is 0 Å². The van der Waals surface area contributed by atoms with Gasteiger partial charge in [0.25, 0.3) is 0 Å². The lowest BCUT2D eigenvalue weighted by molar-refractivity contribution is 0.0399. The number of nitrogens with one attached hydrogen (secondary N) is 1. The first-order valence-corrected chi connectivity index (χ1v) is 8.59. The van der Waals surface area contributed by atoms with Crippen molar-refractivity contribution in [1.29, 1.82) is 0 Å². The van der Waals surface area contributed by atoms with Crippen molar-refractivity contribution in [3.63, 3.8) is 0 Å². The zero-order valence-corrected chi connectivity index (χ0v) is 14.9. The maximum absolute atomic E-state index is 5.90. The van der Waals surface area contributed by atoms with E-state index in [1.54, 1.807) is 0 Å². The van der Waals surface area contributed by atoms with Crippen LogP contribution in [0.1, 0.15) is 64.1 Å². The molecular formula is C15H24IN3O. The average Bonchev–Trinajstić information content (AvgIpc) is 3.23. The maximum atomic E-state index is 5.90. The van der Waals surface area contributed by atoms with Crippen LogP contribution >= 0.6 is 22.6 Å². The number of ether oxygens (including phenoxy) is 1. The Morgan fingerprint density at radius 3 is 2.50 bits per heavy atom. The van der Waals surface area contributed by atoms with Crippen LogP contribution in [0.25, 0.3) is 0 Å². The average molecular weight is 389 g/mol. The zero-order valence-electron chi connectivity index (χ0n) is 12.7. The molecule has 0 amide bonds. The summed E-state index contributed by atoms with van der Waals surface area (Å²) in [4.78, 5) is 9.54. The molecule has 0 bridgehead atoms. The molecule has 112 valence electrons. The number of halogens is 1. The van der Waals surface area contributed by atoms with Crippen LogP contribution in [-0.2, 0) is 4.74 Å². The third-order valence-electron chi connectivity index (χ3n) is 3.44. The quantitative estimate of drug-likeness (QED) is 0.713. The maximum Gasteiger partial charge on any atom is 0.160 e. The minimum atomic E-state index is 0.0620. The molecule has 1 unspecified atom stereocenters. The summed E-state index contributed by atoms with van der Waals surface area (Å²) >= 11 is 2.35. The number of anilines is 1. The van der Waals surface area contributed by atoms with Crippen molar-refractivity contribution < 1.29 is 4.74 Å². The first kappa shape index (κ1) is 15.9. The van der Waals surface area contributed by atoms with Gasteiger partial charge in [0, 0.05) is 13.2 Å². The molecule has 4 nitrogen and oxygen atoms in total. The van der Waals surface area contributed by atoms with Crippen LogP contribution < -0.4 is 5.32 Å². The first-order valence-electron chi connectivity index (χ1n) is 7.51. The van der Waals surface area contributed by atoms with E-state index in [0.29, 0.717) is 18.4 Å². The number of nitrogens with zero attached hydrogens (tertiary/aromatic N) is 2. The van der Waals surface area contributed by atoms with E-state index in [1.807, 2.05) is 6.92 Å². The summed E-state index contributed by atoms with van der Waals surface area (Å²) in [6.07, 6.45) is 2.52. The van der Waals surface area contributed by atoms with Gasteiger partial charge >= 0.3 is 0 Å². The third kappa shape index (κ3) is 3.61. The van der Waals surface area contributed by atoms with E-state index in [1.165, 1.54) is 12.8 Å². The fourth-order valence-electron chi connectivity index (χ4n) is 2.28. The number of aromatic nitrogens is 2. The van der Waals surface area contributed by atoms with Crippen molar-refractivity contribution in [1.82, 2.24) is 9.97 Å². The van der Waals surface area contributed by atoms with Crippen molar-refractivity contribution in [3.05, 3.63) is 15.1 Å². The summed E-state index contributed by atoms with van der Waals surface area (Å²) in [5.41, 5.74) is 1.12. The van der Waals surface area contributed by atoms with Gasteiger partial charge in [-0.05, 0) is 61.1 Å². The monoisotopic (exact) mass is 389 g/mol. The van der Waals surface area contributed by atoms with E-state index >= 15 is 0 Å². The molecule has 1 aromatic heterocycles. The van der Waals surface area contributed by atoms with Crippen molar-refractivity contribution in [3.8, 4) is 0 Å². The Morgan fingerprint density at radius 1 is 1.30 bits per heavy atom. The first-order chi connectivity index (χ1) is 9.58. The van der Waals surface area contributed by atoms with Gasteiger partial charge in [0.1, 0.15) is 11.9 Å². The lowest BCUT2D eigenvalue weighted by Gasteiger charge is -2.19. The molecule has 1 aliphatic carbocycles. The van der Waals surface area contributed by atoms with Gasteiger partial charge in [0.2, 0.25) is 0 Å². The van der Waals surface area contributed by atoms with Gasteiger partial charge in [0.05, 0.1) is 9.26 Å². The molecule has 0 spiro atoms. The summed E-state index contributed by atoms with van der Waals surface area (Å²) in [6, 6.07) is 0. The smallest absolute Gasteiger partial charge is 0.160 e. The normalized spacial score (nSPS) is 16.5. The fourth-order valence-corrected chi connectivity index (χ4v) is 3.33. The Labute approximate surface area is 135 Å². The molecule has 0 radical (unpaired) electrons. The highest BCUT2D eigenvalue weighted by Crippen LogP contribution is 2.43. The van der Waals surface area contributed by atoms with E-state index in [0.717, 1.165) is 27.5 Å². The van der Waals surface area contributed by atoms with E-state index in [-0.39, 0.29) is 6.10 Å². The van der Waals surface area contributed by atoms with E-state index in [4.69, 9.17) is 14.7 Å². The van der Waals surface area contributed by atoms with Crippen LogP contribution in [0, 0.1) is 9.49 Å². The molecule has 1 N–H and O–H groups in total. The lowest BCUT2D eigenvalue weighted by Crippen LogP contribution is -2.16. The Balaban J connectivity index is 2.40. The molecule has 1 heterocycles. The second-order valence-corrected chi connectivity index (χ2v) is 6.61. The summed E-state index contributed by atoms with van der Waals surface area (Å²) in [5.74, 6) is 2.80. The number of rotatable bonds is 7. The number of hydrogen-bond donors (Lipinski definition) is 1. The topological polar surface area (TPSA) is 47.0 Å². The molecular weight excluding hydrogens is 365 g/mol. The molecule has 2 rings (SSSR count). The minimum absolute atomic E-state index is 0.0620. The van der Waals surface area contributed by atoms with Gasteiger partial charge in [-0.25, -0.2) is 9.97 Å². The summed E-state index contributed by atoms with van der Waals surface area (Å²) in [7, 11) is 0. The van der Waals surface area contributed by atoms with Crippen molar-refractivity contribution in [2.45, 2.75) is 52.6 Å². The Kier molecular flexibility index (Phi) is 5.60. The highest BCUT2D eigenvalue weighted by atomic mass is 127. The Bertz CT molecular complexity index is 461. The van der Waals surface area contributed by atoms with Crippen molar-refractivity contribution in [2.24, 2.45) is 5.92 Å². The summed E-state index contributed by atoms with van der Waals surface area (Å²) in [5, 5.41) is 3.35. The van der Waals surface area contributed by atoms with Gasteiger partial charge < -0.3 is 10.1 Å². The van der Waals surface area contributed by atoms with Crippen molar-refractivity contribution in [2.75, 3.05) is 18.5 Å². The zero-order chi connectivity index (χ0) is 14.7. The van der Waals surface area contributed by atoms with Gasteiger partial charge in [-0.3, -0.25) is 0 Å². The van der Waals surface area contributed by atoms with Crippen LogP contribution in [0.2, 0.25) is 0 Å². The summed E-state index contributed by atoms with van der Waals surface area (Å²) in [6.45, 7) is 10.1. The molecule has 1 saturated carbocycles. The van der Waals surface area contributed by atoms with Gasteiger partial charge in [-0.1, -0.05) is 13.8 Å². The second kappa shape index (κ2) is 7.02. The van der Waals surface area contributed by atoms with Crippen LogP contribution in [0.4, 0.5) is 5.82 Å². The molecule has 5 heteroatoms. The number of hydrogen-bond acceptors (Lipinski definition) is 4. The summed E-state index contributed by atoms with van der Waals surface area (Å²) < 4.78 is 7.04. The molecule has 1 atom stereocenters. The second-order valence-electron chi connectivity index (χ2n) is 5.53. The van der Waals surface area contributed by atoms with E-state index in [9.17, 15) is 0 Å². The lowest BCUT2D eigenvalue weighted by atomic mass is 10.1. The van der Waals surface area contributed by atoms with Crippen LogP contribution in [0.5, 0.6) is 0 Å². The largest absolute Gasteiger partial charge is 0.370 e. The predicted octanol–water partition coefficient (Wildman–Crippen LogP) is 4.12. The Hall–Kier alpha value is -0.430. The third-order valence-corrected chi connectivity index (χ3v) is 4.50. The molecule has 0 aliphatic heterocycles. The van der Waals surface area contributed by atoms with Gasteiger partial charge in [0.15, 0.2) is 5.82 Å².